The molecule has 32 nitrogen and oxygen atoms in total. The molecule has 8 aromatic rings. The number of carbonyl (C=O) groups excluding carboxylic acids is 4. The molecule has 12 N–H and O–H groups in total. The number of sulfonamides is 4. The summed E-state index contributed by atoms with van der Waals surface area (Å²) in [5.41, 5.74) is 29.6. The van der Waals surface area contributed by atoms with Gasteiger partial charge in [-0.25, -0.2) is 130 Å². The first-order valence-corrected chi connectivity index (χ1v) is 49.2. The highest BCUT2D eigenvalue weighted by atomic mass is 32.2. The zero-order valence-electron chi connectivity index (χ0n) is 73.8. The minimum atomic E-state index is -4.95. The first-order chi connectivity index (χ1) is 63.6. The summed E-state index contributed by atoms with van der Waals surface area (Å²) in [7, 11) is -15.1. The maximum Gasteiger partial charge on any atom is 0.404 e. The van der Waals surface area contributed by atoms with Crippen molar-refractivity contribution in [3.8, 4) is 0 Å². The summed E-state index contributed by atoms with van der Waals surface area (Å²) in [6.45, 7) is 6.81. The monoisotopic (exact) mass is 2000 g/mol. The van der Waals surface area contributed by atoms with Crippen LogP contribution in [0.4, 0.5) is 65.9 Å². The molecule has 0 saturated heterocycles. The molecule has 51 heteroatoms. The van der Waals surface area contributed by atoms with E-state index >= 15 is 0 Å². The Kier molecular flexibility index (Phi) is 34.7. The van der Waals surface area contributed by atoms with Gasteiger partial charge in [-0.05, 0) is 149 Å². The lowest BCUT2D eigenvalue weighted by Gasteiger charge is -2.37. The largest absolute Gasteiger partial charge is 0.404 e. The number of benzene rings is 4. The van der Waals surface area contributed by atoms with Crippen LogP contribution in [0.1, 0.15) is 142 Å². The van der Waals surface area contributed by atoms with E-state index in [1.807, 2.05) is 23.8 Å². The zero-order valence-corrected chi connectivity index (χ0v) is 77.0. The number of nitrogens with one attached hydrogen (secondary N) is 4. The van der Waals surface area contributed by atoms with Crippen molar-refractivity contribution >= 4 is 63.7 Å². The van der Waals surface area contributed by atoms with Gasteiger partial charge in [0, 0.05) is 168 Å². The summed E-state index contributed by atoms with van der Waals surface area (Å²) >= 11 is 0. The van der Waals surface area contributed by atoms with Gasteiger partial charge >= 0.3 is 6.18 Å². The predicted octanol–water partition coefficient (Wildman–Crippen LogP) is 5.86. The highest BCUT2D eigenvalue weighted by molar-refractivity contribution is 7.90. The number of amides is 4. The van der Waals surface area contributed by atoms with Crippen LogP contribution in [0.3, 0.4) is 0 Å². The SMILES string of the molecule is Cc1ccc2c(n1)C[C@@H](CNS(=O)(=O)C1CC1)N(C(=O)C[C@H](N)Cc1cc(F)c(F)cc1F)C2.Cc1ncc2c(n1)CN(C(=O)C[C@H](N)Cc1cc(F)c(F)cc1F)[C@H](CNS(=O)(=O)CC(F)(F)F)C2.Cc1ncc2c(n1)C[C@@H](CNS(C)(=O)=O)N(C(=O)C[C@H](N)Cc1cc(F)c(F)cc1F)C2.Cc1nnc2c(n1)C[C@@H](CNS(=O)(=O)C1CC1)N(C(=O)C[C@H](N)Cc1cc(F)c(F)cc1F)C2. The van der Waals surface area contributed by atoms with Gasteiger partial charge in [0.1, 0.15) is 46.4 Å². The predicted molar refractivity (Wildman–Crippen MR) is 460 cm³/mol. The summed E-state index contributed by atoms with van der Waals surface area (Å²) in [5, 5.41) is 7.25. The van der Waals surface area contributed by atoms with Crippen LogP contribution >= 0.6 is 0 Å². The molecule has 2 saturated carbocycles. The number of fused-ring (bicyclic) bond motifs is 4. The van der Waals surface area contributed by atoms with Crippen LogP contribution < -0.4 is 41.8 Å². The van der Waals surface area contributed by atoms with E-state index in [1.165, 1.54) is 20.9 Å². The molecule has 4 amide bonds. The molecule has 2 fully saturated rings. The van der Waals surface area contributed by atoms with E-state index in [0.717, 1.165) is 52.7 Å². The van der Waals surface area contributed by atoms with E-state index < -0.39 is 194 Å². The first kappa shape index (κ1) is 106. The van der Waals surface area contributed by atoms with Crippen LogP contribution in [0.5, 0.6) is 0 Å². The summed E-state index contributed by atoms with van der Waals surface area (Å²) in [5.74, 6) is -16.4. The highest BCUT2D eigenvalue weighted by Gasteiger charge is 2.43. The quantitative estimate of drug-likeness (QED) is 0.0186. The molecule has 136 heavy (non-hydrogen) atoms. The van der Waals surface area contributed by atoms with Crippen LogP contribution in [0.25, 0.3) is 0 Å². The van der Waals surface area contributed by atoms with Crippen molar-refractivity contribution in [1.82, 2.24) is 78.6 Å². The van der Waals surface area contributed by atoms with Gasteiger partial charge in [0.15, 0.2) is 52.3 Å². The van der Waals surface area contributed by atoms with E-state index in [1.54, 1.807) is 31.9 Å². The van der Waals surface area contributed by atoms with E-state index in [0.29, 0.717) is 109 Å². The first-order valence-electron chi connectivity index (χ1n) is 42.6. The molecule has 0 radical (unpaired) electrons. The Balaban J connectivity index is 0.000000174. The molecule has 8 atom stereocenters. The molecule has 0 unspecified atom stereocenters. The third kappa shape index (κ3) is 29.8. The van der Waals surface area contributed by atoms with Gasteiger partial charge in [-0.1, -0.05) is 6.07 Å². The van der Waals surface area contributed by atoms with Gasteiger partial charge in [-0.3, -0.25) is 24.2 Å². The summed E-state index contributed by atoms with van der Waals surface area (Å²) in [4.78, 5) is 83.9. The molecule has 4 aliphatic heterocycles. The van der Waals surface area contributed by atoms with E-state index in [-0.39, 0.29) is 149 Å². The van der Waals surface area contributed by atoms with Crippen molar-refractivity contribution in [1.29, 1.82) is 0 Å². The Morgan fingerprint density at radius 3 is 1.10 bits per heavy atom. The van der Waals surface area contributed by atoms with Crippen molar-refractivity contribution < 1.29 is 119 Å². The molecule has 2 aliphatic carbocycles. The lowest BCUT2D eigenvalue weighted by Crippen LogP contribution is -2.52. The van der Waals surface area contributed by atoms with Crippen molar-refractivity contribution in [2.24, 2.45) is 22.9 Å². The molecule has 0 spiro atoms. The fourth-order valence-corrected chi connectivity index (χ4v) is 20.0. The summed E-state index contributed by atoms with van der Waals surface area (Å²) < 4.78 is 306. The second-order valence-corrected chi connectivity index (χ2v) is 42.0. The van der Waals surface area contributed by atoms with Gasteiger partial charge in [0.05, 0.1) is 65.1 Å². The Morgan fingerprint density at radius 2 is 0.706 bits per heavy atom. The molecular formula is C85H99F15N20O12S4. The summed E-state index contributed by atoms with van der Waals surface area (Å²) in [6, 6.07) is 2.30. The number of halogens is 15. The third-order valence-corrected chi connectivity index (χ3v) is 28.7. The summed E-state index contributed by atoms with van der Waals surface area (Å²) in [6.07, 6.45) is 0.909. The number of aromatic nitrogens is 8. The molecule has 8 heterocycles. The van der Waals surface area contributed by atoms with E-state index in [2.05, 4.69) is 54.3 Å². The van der Waals surface area contributed by atoms with Crippen LogP contribution in [0.2, 0.25) is 0 Å². The number of rotatable bonds is 31. The maximum absolute atomic E-state index is 14.0. The smallest absolute Gasteiger partial charge is 0.334 e. The van der Waals surface area contributed by atoms with Crippen LogP contribution in [-0.2, 0) is 137 Å². The maximum atomic E-state index is 14.0. The normalized spacial score (nSPS) is 18.1. The highest BCUT2D eigenvalue weighted by Crippen LogP contribution is 2.34. The Morgan fingerprint density at radius 1 is 0.382 bits per heavy atom. The topological polar surface area (TPSA) is 473 Å². The van der Waals surface area contributed by atoms with Gasteiger partial charge in [0.25, 0.3) is 0 Å². The molecule has 4 aromatic carbocycles. The Labute approximate surface area is 773 Å². The average molecular weight is 2010 g/mol. The van der Waals surface area contributed by atoms with Crippen LogP contribution in [0.15, 0.2) is 73.1 Å². The minimum absolute atomic E-state index is 0.000103. The number of alkyl halides is 3. The number of pyridine rings is 1. The fraction of sp³-hybridized carbons (Fsp3) is 0.482. The molecule has 740 valence electrons. The molecule has 4 aromatic heterocycles. The van der Waals surface area contributed by atoms with Crippen molar-refractivity contribution in [3.05, 3.63) is 233 Å². The number of aryl methyl sites for hydroxylation is 4. The van der Waals surface area contributed by atoms with Gasteiger partial charge in [0.2, 0.25) is 63.7 Å². The standard InChI is InChI=1S/C23H27F3N4O3S.C21H23F6N5O3S.C21H25F3N6O3S.C20H24F3N5O3S/c1-13-2-3-14-12-30(17(9-22(14)29-13)11-28-34(32,33)18-4-5-18)23(31)8-16(27)6-15-7-20(25)21(26)10-19(15)24;1-11-29-7-13-3-15(8-30-36(34,35)10-21(25,26)27)32(9-19(13)31-11)20(33)5-14(28)2-12-4-17(23)18(24)6-16(12)22;1-11-27-19-7-14(9-26-34(32,33)15-2-3-15)30(10-20(19)29-28-11)21(31)6-13(25)4-12-5-17(23)18(24)8-16(12)22;1-11-25-8-13-10-28(15(6-19(13)27-11)9-26-32(2,30)31)20(29)5-14(24)3-12-4-17(22)18(23)7-16(12)21/h2-3,7,10,16-18,28H,4-6,8-9,11-12,27H2,1H3;4,6-7,14-15,30H,2-3,5,8-10,28H2,1H3;5,8,13-15,26H,2-4,6-7,9-10,25H2,1H3;4,7-8,14-15,26H,3,5-6,9-10,24H2,1-2H3/t16-,17+;14-,15+;13-,14+;14-,15+/m1111/s1. The number of hydrogen-bond acceptors (Lipinski definition) is 24. The van der Waals surface area contributed by atoms with Gasteiger partial charge in [-0.15, -0.1) is 10.2 Å². The lowest BCUT2D eigenvalue weighted by molar-refractivity contribution is -0.135. The molecule has 0 bridgehead atoms. The van der Waals surface area contributed by atoms with Crippen molar-refractivity contribution in [2.45, 2.75) is 222 Å². The van der Waals surface area contributed by atoms with Crippen LogP contribution in [-0.4, -0.2) is 220 Å². The Hall–Kier alpha value is -10.5. The zero-order chi connectivity index (χ0) is 99.7. The van der Waals surface area contributed by atoms with Crippen LogP contribution in [0, 0.1) is 97.5 Å². The minimum Gasteiger partial charge on any atom is -0.334 e. The van der Waals surface area contributed by atoms with Gasteiger partial charge < -0.3 is 42.5 Å². The average Bonchev–Trinajstić information content (AvgIpc) is 1.74. The van der Waals surface area contributed by atoms with Crippen molar-refractivity contribution in [2.75, 3.05) is 38.2 Å². The van der Waals surface area contributed by atoms with Crippen molar-refractivity contribution in [3.63, 3.8) is 0 Å². The second-order valence-electron chi connectivity index (χ2n) is 34.2. The second kappa shape index (κ2) is 44.5. The lowest BCUT2D eigenvalue weighted by atomic mass is 9.96. The molecule has 14 rings (SSSR count). The number of nitrogens with zero attached hydrogens (tertiary/aromatic N) is 12. The number of carbonyl (C=O) groups is 4. The van der Waals surface area contributed by atoms with E-state index in [9.17, 15) is 119 Å². The van der Waals surface area contributed by atoms with Gasteiger partial charge in [-0.2, -0.15) is 13.2 Å². The fourth-order valence-electron chi connectivity index (χ4n) is 15.7. The molecule has 6 aliphatic rings. The molecular weight excluding hydrogens is 1910 g/mol. The number of hydrogen-bond donors (Lipinski definition) is 8. The van der Waals surface area contributed by atoms with E-state index in [4.69, 9.17) is 22.9 Å². The Bertz CT molecular complexity index is 6080. The number of nitrogens with two attached hydrogens (primary N) is 4. The third-order valence-electron chi connectivity index (χ3n) is 22.9.